The van der Waals surface area contributed by atoms with E-state index in [9.17, 15) is 0 Å². The first-order valence-electron chi connectivity index (χ1n) is 10.2. The van der Waals surface area contributed by atoms with Gasteiger partial charge in [-0.2, -0.15) is 0 Å². The highest BCUT2D eigenvalue weighted by atomic mass is 16.3. The van der Waals surface area contributed by atoms with Crippen molar-refractivity contribution in [2.45, 2.75) is 18.5 Å². The molecule has 0 radical (unpaired) electrons. The largest absolute Gasteiger partial charge is 0.460 e. The Kier molecular flexibility index (Phi) is 3.73. The summed E-state index contributed by atoms with van der Waals surface area (Å²) in [4.78, 5) is 0. The van der Waals surface area contributed by atoms with E-state index >= 15 is 0 Å². The van der Waals surface area contributed by atoms with Gasteiger partial charge in [0, 0.05) is 29.0 Å². The van der Waals surface area contributed by atoms with Gasteiger partial charge in [-0.15, -0.1) is 0 Å². The third kappa shape index (κ3) is 2.82. The average Bonchev–Trinajstić information content (AvgIpc) is 3.15. The summed E-state index contributed by atoms with van der Waals surface area (Å²) < 4.78 is 6.22. The van der Waals surface area contributed by atoms with E-state index in [1.807, 2.05) is 12.3 Å². The van der Waals surface area contributed by atoms with Gasteiger partial charge in [-0.3, -0.25) is 0 Å². The van der Waals surface area contributed by atoms with Crippen LogP contribution in [0.4, 0.5) is 0 Å². The molecule has 0 bridgehead atoms. The molecule has 0 saturated carbocycles. The van der Waals surface area contributed by atoms with Crippen LogP contribution in [0.5, 0.6) is 0 Å². The Morgan fingerprint density at radius 1 is 0.931 bits per heavy atom. The van der Waals surface area contributed by atoms with Gasteiger partial charge in [0.05, 0.1) is 12.1 Å². The van der Waals surface area contributed by atoms with Gasteiger partial charge >= 0.3 is 0 Å². The summed E-state index contributed by atoms with van der Waals surface area (Å²) in [5, 5.41) is 8.27. The predicted octanol–water partition coefficient (Wildman–Crippen LogP) is 5.24. The van der Waals surface area contributed by atoms with E-state index in [0.29, 0.717) is 5.92 Å². The lowest BCUT2D eigenvalue weighted by molar-refractivity contribution is 0.521. The van der Waals surface area contributed by atoms with E-state index in [1.165, 1.54) is 27.8 Å². The third-order valence-electron chi connectivity index (χ3n) is 6.10. The Bertz CT molecular complexity index is 1200. The molecule has 0 saturated heterocycles. The molecule has 4 aliphatic rings. The number of hydrogen-bond acceptors (Lipinski definition) is 3. The number of furan rings is 1. The Labute approximate surface area is 170 Å². The van der Waals surface area contributed by atoms with Crippen molar-refractivity contribution in [3.63, 3.8) is 0 Å². The summed E-state index contributed by atoms with van der Waals surface area (Å²) in [6, 6.07) is 6.91. The van der Waals surface area contributed by atoms with Gasteiger partial charge in [0.1, 0.15) is 11.3 Å². The fourth-order valence-corrected chi connectivity index (χ4v) is 4.57. The molecule has 2 aliphatic heterocycles. The van der Waals surface area contributed by atoms with E-state index in [4.69, 9.17) is 4.42 Å². The van der Waals surface area contributed by atoms with E-state index in [1.54, 1.807) is 0 Å². The lowest BCUT2D eigenvalue weighted by Crippen LogP contribution is -2.35. The minimum absolute atomic E-state index is 0.146. The highest BCUT2D eigenvalue weighted by Gasteiger charge is 2.25. The summed E-state index contributed by atoms with van der Waals surface area (Å²) in [6.07, 6.45) is 26.7. The maximum Gasteiger partial charge on any atom is 0.134 e. The number of allylic oxidation sites excluding steroid dienone is 9. The zero-order valence-electron chi connectivity index (χ0n) is 16.0. The minimum Gasteiger partial charge on any atom is -0.460 e. The molecular weight excluding hydrogens is 356 g/mol. The Balaban J connectivity index is 1.34. The van der Waals surface area contributed by atoms with Gasteiger partial charge in [-0.1, -0.05) is 54.7 Å². The van der Waals surface area contributed by atoms with Gasteiger partial charge < -0.3 is 15.1 Å². The maximum absolute atomic E-state index is 6.22. The summed E-state index contributed by atoms with van der Waals surface area (Å²) in [5.74, 6) is 1.54. The van der Waals surface area contributed by atoms with Crippen LogP contribution in [0.3, 0.4) is 0 Å². The Morgan fingerprint density at radius 2 is 1.86 bits per heavy atom. The van der Waals surface area contributed by atoms with Crippen LogP contribution in [0.2, 0.25) is 0 Å². The number of hydrogen-bond donors (Lipinski definition) is 2. The standard InChI is InChI=1S/C26H22N2O/c1-2-7-18-16-26-21(14-17(18)6-1)20-15-19(11-12-25(20)29-26)22-9-5-10-24(28-22)23-8-3-4-13-27-23/h1-15,18,22-23,27-28H,16H2. The van der Waals surface area contributed by atoms with Gasteiger partial charge in [0.2, 0.25) is 0 Å². The van der Waals surface area contributed by atoms with E-state index in [0.717, 1.165) is 17.8 Å². The minimum atomic E-state index is 0.146. The first-order valence-corrected chi connectivity index (χ1v) is 10.2. The SMILES string of the molecule is C1=CNC(C2=CC=CC(c3ccc4oc5c(c4c3)C=C3C=CC=CC3C5)N2)C=C1. The topological polar surface area (TPSA) is 37.2 Å². The molecule has 3 heteroatoms. The van der Waals surface area contributed by atoms with Crippen molar-refractivity contribution in [3.05, 3.63) is 113 Å². The molecule has 3 atom stereocenters. The quantitative estimate of drug-likeness (QED) is 0.750. The third-order valence-corrected chi connectivity index (χ3v) is 6.10. The molecule has 2 aromatic rings. The van der Waals surface area contributed by atoms with Crippen LogP contribution in [-0.4, -0.2) is 6.04 Å². The molecule has 0 amide bonds. The van der Waals surface area contributed by atoms with E-state index in [2.05, 4.69) is 89.6 Å². The summed E-state index contributed by atoms with van der Waals surface area (Å²) in [7, 11) is 0. The Hall–Kier alpha value is -3.46. The van der Waals surface area contributed by atoms with Crippen molar-refractivity contribution >= 4 is 17.0 Å². The van der Waals surface area contributed by atoms with E-state index in [-0.39, 0.29) is 12.1 Å². The molecule has 29 heavy (non-hydrogen) atoms. The predicted molar refractivity (Wildman–Crippen MR) is 118 cm³/mol. The van der Waals surface area contributed by atoms with Gasteiger partial charge in [-0.05, 0) is 47.7 Å². The zero-order valence-corrected chi connectivity index (χ0v) is 16.0. The second-order valence-corrected chi connectivity index (χ2v) is 7.91. The Morgan fingerprint density at radius 3 is 2.79 bits per heavy atom. The number of fused-ring (bicyclic) bond motifs is 4. The van der Waals surface area contributed by atoms with E-state index < -0.39 is 0 Å². The average molecular weight is 378 g/mol. The number of dihydropyridines is 2. The number of rotatable bonds is 2. The normalized spacial score (nSPS) is 26.4. The van der Waals surface area contributed by atoms with Crippen LogP contribution in [0.1, 0.15) is 22.9 Å². The van der Waals surface area contributed by atoms with Crippen LogP contribution < -0.4 is 10.6 Å². The van der Waals surface area contributed by atoms with Crippen LogP contribution in [0.25, 0.3) is 17.0 Å². The molecule has 3 unspecified atom stereocenters. The van der Waals surface area contributed by atoms with Crippen LogP contribution in [-0.2, 0) is 6.42 Å². The van der Waals surface area contributed by atoms with Crippen molar-refractivity contribution in [1.82, 2.24) is 10.6 Å². The molecule has 0 fully saturated rings. The number of benzene rings is 1. The highest BCUT2D eigenvalue weighted by Crippen LogP contribution is 2.39. The lowest BCUT2D eigenvalue weighted by atomic mass is 9.84. The first-order chi connectivity index (χ1) is 14.3. The van der Waals surface area contributed by atoms with Crippen molar-refractivity contribution in [1.29, 1.82) is 0 Å². The molecule has 1 aromatic heterocycles. The summed E-state index contributed by atoms with van der Waals surface area (Å²) in [5.41, 5.74) is 6.01. The fourth-order valence-electron chi connectivity index (χ4n) is 4.57. The molecule has 3 heterocycles. The second-order valence-electron chi connectivity index (χ2n) is 7.91. The zero-order chi connectivity index (χ0) is 19.2. The molecule has 2 aliphatic carbocycles. The molecule has 3 nitrogen and oxygen atoms in total. The first kappa shape index (κ1) is 16.5. The second kappa shape index (κ2) is 6.56. The highest BCUT2D eigenvalue weighted by molar-refractivity contribution is 5.91. The summed E-state index contributed by atoms with van der Waals surface area (Å²) in [6.45, 7) is 0. The van der Waals surface area contributed by atoms with Gasteiger partial charge in [0.15, 0.2) is 0 Å². The van der Waals surface area contributed by atoms with Crippen LogP contribution in [0, 0.1) is 5.92 Å². The monoisotopic (exact) mass is 378 g/mol. The van der Waals surface area contributed by atoms with Crippen LogP contribution in [0.15, 0.2) is 101 Å². The summed E-state index contributed by atoms with van der Waals surface area (Å²) >= 11 is 0. The molecule has 2 N–H and O–H groups in total. The number of nitrogens with one attached hydrogen (secondary N) is 2. The smallest absolute Gasteiger partial charge is 0.134 e. The van der Waals surface area contributed by atoms with Crippen LogP contribution >= 0.6 is 0 Å². The van der Waals surface area contributed by atoms with Crippen molar-refractivity contribution in [3.8, 4) is 0 Å². The molecular formula is C26H22N2O. The fraction of sp³-hybridized carbons (Fsp3) is 0.154. The molecule has 0 spiro atoms. The molecule has 1 aromatic carbocycles. The van der Waals surface area contributed by atoms with Gasteiger partial charge in [-0.25, -0.2) is 0 Å². The molecule has 142 valence electrons. The van der Waals surface area contributed by atoms with Gasteiger partial charge in [0.25, 0.3) is 0 Å². The van der Waals surface area contributed by atoms with Crippen molar-refractivity contribution in [2.24, 2.45) is 5.92 Å². The molecule has 6 rings (SSSR count). The van der Waals surface area contributed by atoms with Crippen molar-refractivity contribution < 1.29 is 4.42 Å². The maximum atomic E-state index is 6.22. The lowest BCUT2D eigenvalue weighted by Gasteiger charge is -2.27. The van der Waals surface area contributed by atoms with Crippen molar-refractivity contribution in [2.75, 3.05) is 0 Å².